The van der Waals surface area contributed by atoms with E-state index in [1.54, 1.807) is 0 Å². The third-order valence-electron chi connectivity index (χ3n) is 7.02. The van der Waals surface area contributed by atoms with Crippen molar-refractivity contribution in [3.63, 3.8) is 0 Å². The molecule has 35 heavy (non-hydrogen) atoms. The maximum absolute atomic E-state index is 11.9. The second-order valence-corrected chi connectivity index (χ2v) is 12.3. The van der Waals surface area contributed by atoms with Gasteiger partial charge in [0.15, 0.2) is 0 Å². The van der Waals surface area contributed by atoms with Gasteiger partial charge < -0.3 is 20.5 Å². The third-order valence-corrected chi connectivity index (χ3v) is 7.80. The average molecular weight is 545 g/mol. The molecule has 0 radical (unpaired) electrons. The number of rotatable bonds is 8. The monoisotopic (exact) mass is 543 g/mol. The second-order valence-electron chi connectivity index (χ2n) is 11.4. The number of aliphatic hydroxyl groups excluding tert-OH is 1. The van der Waals surface area contributed by atoms with Gasteiger partial charge in [0.05, 0.1) is 12.1 Å². The van der Waals surface area contributed by atoms with Gasteiger partial charge in [-0.15, -0.1) is 0 Å². The Kier molecular flexibility index (Phi) is 7.89. The van der Waals surface area contributed by atoms with Crippen molar-refractivity contribution < 1.29 is 14.6 Å². The first-order chi connectivity index (χ1) is 16.5. The Labute approximate surface area is 217 Å². The van der Waals surface area contributed by atoms with Crippen molar-refractivity contribution in [1.82, 2.24) is 15.6 Å². The van der Waals surface area contributed by atoms with Crippen LogP contribution in [0, 0.1) is 5.41 Å². The number of fused-ring (bicyclic) bond motifs is 1. The van der Waals surface area contributed by atoms with Gasteiger partial charge in [-0.05, 0) is 60.8 Å². The fourth-order valence-electron chi connectivity index (χ4n) is 5.20. The zero-order valence-corrected chi connectivity index (χ0v) is 22.8. The fourth-order valence-corrected chi connectivity index (χ4v) is 5.64. The number of aromatic nitrogens is 1. The molecule has 190 valence electrons. The van der Waals surface area contributed by atoms with E-state index in [1.165, 1.54) is 18.9 Å². The number of halogens is 1. The van der Waals surface area contributed by atoms with Crippen molar-refractivity contribution in [1.29, 1.82) is 0 Å². The zero-order valence-electron chi connectivity index (χ0n) is 21.2. The Bertz CT molecular complexity index is 1050. The molecular weight excluding hydrogens is 506 g/mol. The van der Waals surface area contributed by atoms with E-state index in [4.69, 9.17) is 9.72 Å². The number of carbonyl (C=O) groups is 1. The van der Waals surface area contributed by atoms with Crippen LogP contribution in [0.1, 0.15) is 76.1 Å². The van der Waals surface area contributed by atoms with E-state index in [0.717, 1.165) is 41.3 Å². The van der Waals surface area contributed by atoms with Crippen molar-refractivity contribution in [3.05, 3.63) is 57.7 Å². The molecule has 1 aliphatic carbocycles. The molecule has 1 aromatic carbocycles. The number of hydrogen-bond acceptors (Lipinski definition) is 5. The molecule has 1 aromatic heterocycles. The van der Waals surface area contributed by atoms with Crippen LogP contribution in [0.15, 0.2) is 41.0 Å². The highest BCUT2D eigenvalue weighted by Crippen LogP contribution is 2.48. The molecule has 1 amide bonds. The first-order valence-corrected chi connectivity index (χ1v) is 13.4. The van der Waals surface area contributed by atoms with Crippen molar-refractivity contribution >= 4 is 21.8 Å². The number of nitrogens with zero attached hydrogens (tertiary/aromatic N) is 1. The molecule has 1 spiro atoms. The minimum atomic E-state index is -0.750. The summed E-state index contributed by atoms with van der Waals surface area (Å²) in [5.41, 5.74) is 3.32. The number of hydrogen-bond donors (Lipinski definition) is 3. The Balaban J connectivity index is 1.51. The van der Waals surface area contributed by atoms with E-state index in [0.29, 0.717) is 18.8 Å². The summed E-state index contributed by atoms with van der Waals surface area (Å²) in [6, 6.07) is 9.77. The van der Waals surface area contributed by atoms with Crippen LogP contribution in [-0.4, -0.2) is 40.3 Å². The number of pyridine rings is 1. The van der Waals surface area contributed by atoms with Gasteiger partial charge >= 0.3 is 0 Å². The van der Waals surface area contributed by atoms with Gasteiger partial charge in [0.25, 0.3) is 0 Å². The molecule has 0 saturated heterocycles. The summed E-state index contributed by atoms with van der Waals surface area (Å²) >= 11 is 3.58. The fraction of sp³-hybridized carbons (Fsp3) is 0.571. The number of ether oxygens (including phenoxy) is 1. The van der Waals surface area contributed by atoms with Gasteiger partial charge in [-0.2, -0.15) is 0 Å². The van der Waals surface area contributed by atoms with E-state index < -0.39 is 12.1 Å². The second kappa shape index (κ2) is 10.6. The number of benzene rings is 1. The van der Waals surface area contributed by atoms with Crippen LogP contribution in [0.5, 0.6) is 5.88 Å². The molecule has 4 rings (SSSR count). The summed E-state index contributed by atoms with van der Waals surface area (Å²) in [4.78, 5) is 16.6. The molecule has 3 atom stereocenters. The van der Waals surface area contributed by atoms with E-state index in [1.807, 2.05) is 30.5 Å². The molecule has 3 N–H and O–H groups in total. The van der Waals surface area contributed by atoms with Crippen LogP contribution in [0.2, 0.25) is 0 Å². The van der Waals surface area contributed by atoms with Gasteiger partial charge in [0, 0.05) is 42.2 Å². The topological polar surface area (TPSA) is 83.5 Å². The summed E-state index contributed by atoms with van der Waals surface area (Å²) in [5.74, 6) is 0.564. The lowest BCUT2D eigenvalue weighted by Crippen LogP contribution is -2.52. The Morgan fingerprint density at radius 3 is 2.69 bits per heavy atom. The molecule has 2 aromatic rings. The van der Waals surface area contributed by atoms with Crippen LogP contribution < -0.4 is 15.4 Å². The molecule has 1 saturated carbocycles. The highest BCUT2D eigenvalue weighted by atomic mass is 79.9. The van der Waals surface area contributed by atoms with Crippen molar-refractivity contribution in [2.24, 2.45) is 5.41 Å². The number of amides is 1. The minimum Gasteiger partial charge on any atom is -0.471 e. The van der Waals surface area contributed by atoms with Crippen LogP contribution in [0.25, 0.3) is 0 Å². The van der Waals surface area contributed by atoms with E-state index >= 15 is 0 Å². The van der Waals surface area contributed by atoms with Crippen LogP contribution >= 0.6 is 15.9 Å². The molecule has 2 heterocycles. The van der Waals surface area contributed by atoms with E-state index in [-0.39, 0.29) is 23.0 Å². The quantitative estimate of drug-likeness (QED) is 0.442. The Morgan fingerprint density at radius 1 is 1.31 bits per heavy atom. The average Bonchev–Trinajstić information content (AvgIpc) is 2.75. The highest BCUT2D eigenvalue weighted by molar-refractivity contribution is 9.10. The summed E-state index contributed by atoms with van der Waals surface area (Å²) in [7, 11) is 0. The van der Waals surface area contributed by atoms with Crippen LogP contribution in [0.4, 0.5) is 0 Å². The number of carbonyl (C=O) groups excluding carboxylic acids is 1. The lowest BCUT2D eigenvalue weighted by atomic mass is 9.73. The van der Waals surface area contributed by atoms with Gasteiger partial charge in [0.2, 0.25) is 11.8 Å². The molecule has 0 unspecified atom stereocenters. The standard InChI is InChI=1S/C28H38BrN3O3/c1-18(33)32-23(13-20-8-5-6-9-22(20)29)25(34)17-30-24-15-28(10-7-11-28)35-26-21(24)12-19(16-31-26)14-27(2,3)4/h5-6,8-9,12,16,23-25,30,34H,7,10-11,13-15,17H2,1-4H3,(H,32,33)/t23-,24-,25-/m0/s1. The number of nitrogens with one attached hydrogen (secondary N) is 2. The first kappa shape index (κ1) is 26.1. The van der Waals surface area contributed by atoms with Crippen molar-refractivity contribution in [3.8, 4) is 5.88 Å². The first-order valence-electron chi connectivity index (χ1n) is 12.6. The summed E-state index contributed by atoms with van der Waals surface area (Å²) in [5, 5.41) is 17.7. The molecule has 0 bridgehead atoms. The summed E-state index contributed by atoms with van der Waals surface area (Å²) in [6.45, 7) is 8.53. The van der Waals surface area contributed by atoms with Crippen molar-refractivity contribution in [2.45, 2.75) is 90.0 Å². The Morgan fingerprint density at radius 2 is 2.06 bits per heavy atom. The maximum atomic E-state index is 11.9. The predicted molar refractivity (Wildman–Crippen MR) is 141 cm³/mol. The largest absolute Gasteiger partial charge is 0.471 e. The molecule has 1 fully saturated rings. The van der Waals surface area contributed by atoms with E-state index in [9.17, 15) is 9.90 Å². The predicted octanol–water partition coefficient (Wildman–Crippen LogP) is 4.88. The van der Waals surface area contributed by atoms with Crippen LogP contribution in [0.3, 0.4) is 0 Å². The lowest BCUT2D eigenvalue weighted by molar-refractivity contribution is -0.120. The van der Waals surface area contributed by atoms with Crippen molar-refractivity contribution in [2.75, 3.05) is 6.54 Å². The van der Waals surface area contributed by atoms with Gasteiger partial charge in [-0.25, -0.2) is 4.98 Å². The zero-order chi connectivity index (χ0) is 25.2. The van der Waals surface area contributed by atoms with Crippen LogP contribution in [-0.2, 0) is 17.6 Å². The molecule has 2 aliphatic rings. The van der Waals surface area contributed by atoms with E-state index in [2.05, 4.69) is 53.4 Å². The minimum absolute atomic E-state index is 0.0440. The normalized spacial score (nSPS) is 20.3. The van der Waals surface area contributed by atoms with Gasteiger partial charge in [-0.1, -0.05) is 54.9 Å². The molecule has 7 heteroatoms. The van der Waals surface area contributed by atoms with Gasteiger partial charge in [-0.3, -0.25) is 4.79 Å². The molecular formula is C28H38BrN3O3. The van der Waals surface area contributed by atoms with Gasteiger partial charge in [0.1, 0.15) is 5.60 Å². The maximum Gasteiger partial charge on any atom is 0.218 e. The molecule has 1 aliphatic heterocycles. The number of aliphatic hydroxyl groups is 1. The Hall–Kier alpha value is -1.96. The summed E-state index contributed by atoms with van der Waals surface area (Å²) < 4.78 is 7.36. The highest BCUT2D eigenvalue weighted by Gasteiger charge is 2.46. The molecule has 6 nitrogen and oxygen atoms in total. The smallest absolute Gasteiger partial charge is 0.218 e. The summed E-state index contributed by atoms with van der Waals surface area (Å²) in [6.07, 6.45) is 6.77. The third kappa shape index (κ3) is 6.63. The SMILES string of the molecule is CC(=O)N[C@@H](Cc1ccccc1Br)[C@@H](O)CN[C@H]1CC2(CCC2)Oc2ncc(CC(C)(C)C)cc21. The lowest BCUT2D eigenvalue weighted by Gasteiger charge is -2.47.